The van der Waals surface area contributed by atoms with E-state index in [0.29, 0.717) is 6.54 Å². The normalized spacial score (nSPS) is 32.9. The molecule has 16 heavy (non-hydrogen) atoms. The molecule has 1 spiro atoms. The summed E-state index contributed by atoms with van der Waals surface area (Å²) in [5.41, 5.74) is 0.892. The molecular weight excluding hydrogens is 206 g/mol. The van der Waals surface area contributed by atoms with E-state index in [1.165, 1.54) is 0 Å². The molecule has 0 aromatic carbocycles. The van der Waals surface area contributed by atoms with Crippen LogP contribution >= 0.6 is 0 Å². The number of hydrogen-bond acceptors (Lipinski definition) is 3. The van der Waals surface area contributed by atoms with Crippen LogP contribution < -0.4 is 5.32 Å². The lowest BCUT2D eigenvalue weighted by Crippen LogP contribution is -2.41. The van der Waals surface area contributed by atoms with Crippen molar-refractivity contribution in [1.29, 1.82) is 0 Å². The zero-order valence-corrected chi connectivity index (χ0v) is 9.03. The van der Waals surface area contributed by atoms with E-state index in [2.05, 4.69) is 5.32 Å². The highest BCUT2D eigenvalue weighted by molar-refractivity contribution is 5.74. The number of nitrogens with one attached hydrogen (secondary N) is 1. The average molecular weight is 221 g/mol. The van der Waals surface area contributed by atoms with E-state index in [9.17, 15) is 9.90 Å². The molecule has 1 fully saturated rings. The number of hydrogen-bond donors (Lipinski definition) is 2. The molecule has 3 rings (SSSR count). The van der Waals surface area contributed by atoms with Gasteiger partial charge in [-0.2, -0.15) is 0 Å². The molecule has 1 aromatic rings. The molecule has 0 radical (unpaired) electrons. The first-order valence-electron chi connectivity index (χ1n) is 5.74. The molecule has 2 atom stereocenters. The van der Waals surface area contributed by atoms with Crippen molar-refractivity contribution in [2.24, 2.45) is 5.92 Å². The Labute approximate surface area is 93.6 Å². The van der Waals surface area contributed by atoms with E-state index < -0.39 is 5.97 Å². The molecule has 1 aliphatic heterocycles. The monoisotopic (exact) mass is 221 g/mol. The van der Waals surface area contributed by atoms with Gasteiger partial charge in [0.05, 0.1) is 12.2 Å². The number of carbonyl (C=O) groups is 1. The first kappa shape index (κ1) is 9.90. The van der Waals surface area contributed by atoms with E-state index in [1.54, 1.807) is 6.26 Å². The number of aliphatic carboxylic acids is 1. The molecule has 2 N–H and O–H groups in total. The van der Waals surface area contributed by atoms with Gasteiger partial charge in [0.25, 0.3) is 0 Å². The van der Waals surface area contributed by atoms with Gasteiger partial charge in [0, 0.05) is 30.5 Å². The first-order chi connectivity index (χ1) is 7.74. The van der Waals surface area contributed by atoms with Crippen LogP contribution in [0.1, 0.15) is 24.2 Å². The van der Waals surface area contributed by atoms with E-state index in [1.807, 2.05) is 6.07 Å². The minimum absolute atomic E-state index is 0.230. The minimum Gasteiger partial charge on any atom is -0.481 e. The lowest BCUT2D eigenvalue weighted by molar-refractivity contribution is -0.143. The maximum atomic E-state index is 11.3. The zero-order valence-electron chi connectivity index (χ0n) is 9.03. The third-order valence-electron chi connectivity index (χ3n) is 4.06. The van der Waals surface area contributed by atoms with Gasteiger partial charge in [-0.15, -0.1) is 0 Å². The molecule has 1 saturated heterocycles. The third-order valence-corrected chi connectivity index (χ3v) is 4.06. The molecule has 2 aliphatic rings. The van der Waals surface area contributed by atoms with Crippen molar-refractivity contribution >= 4 is 5.97 Å². The quantitative estimate of drug-likeness (QED) is 0.747. The smallest absolute Gasteiger partial charge is 0.308 e. The van der Waals surface area contributed by atoms with E-state index in [4.69, 9.17) is 4.42 Å². The van der Waals surface area contributed by atoms with Crippen molar-refractivity contribution in [3.8, 4) is 0 Å². The van der Waals surface area contributed by atoms with Crippen molar-refractivity contribution in [3.05, 3.63) is 23.7 Å². The molecule has 4 heteroatoms. The van der Waals surface area contributed by atoms with Crippen LogP contribution in [-0.2, 0) is 16.6 Å². The number of fused-ring (bicyclic) bond motifs is 2. The summed E-state index contributed by atoms with van der Waals surface area (Å²) in [4.78, 5) is 11.3. The van der Waals surface area contributed by atoms with Gasteiger partial charge >= 0.3 is 5.97 Å². The van der Waals surface area contributed by atoms with Crippen LogP contribution in [-0.4, -0.2) is 24.2 Å². The van der Waals surface area contributed by atoms with Crippen LogP contribution in [0.15, 0.2) is 16.7 Å². The minimum atomic E-state index is -0.695. The molecule has 4 nitrogen and oxygen atoms in total. The van der Waals surface area contributed by atoms with E-state index in [-0.39, 0.29) is 11.3 Å². The van der Waals surface area contributed by atoms with E-state index >= 15 is 0 Å². The Bertz CT molecular complexity index is 426. The van der Waals surface area contributed by atoms with Crippen molar-refractivity contribution in [3.63, 3.8) is 0 Å². The fourth-order valence-corrected chi connectivity index (χ4v) is 3.30. The van der Waals surface area contributed by atoms with Crippen molar-refractivity contribution in [2.45, 2.75) is 24.7 Å². The Morgan fingerprint density at radius 3 is 3.31 bits per heavy atom. The summed E-state index contributed by atoms with van der Waals surface area (Å²) in [6.45, 7) is 1.33. The van der Waals surface area contributed by atoms with Crippen LogP contribution in [0.2, 0.25) is 0 Å². The lowest BCUT2D eigenvalue weighted by Gasteiger charge is -2.35. The molecule has 0 saturated carbocycles. The predicted molar refractivity (Wildman–Crippen MR) is 57.3 cm³/mol. The second-order valence-corrected chi connectivity index (χ2v) is 4.79. The fourth-order valence-electron chi connectivity index (χ4n) is 3.30. The van der Waals surface area contributed by atoms with Crippen LogP contribution in [0.25, 0.3) is 0 Å². The van der Waals surface area contributed by atoms with Crippen molar-refractivity contribution in [1.82, 2.24) is 5.32 Å². The number of carboxylic acids is 1. The van der Waals surface area contributed by atoms with Gasteiger partial charge in [-0.3, -0.25) is 4.79 Å². The topological polar surface area (TPSA) is 62.5 Å². The maximum absolute atomic E-state index is 11.3. The third kappa shape index (κ3) is 1.16. The Morgan fingerprint density at radius 1 is 1.62 bits per heavy atom. The lowest BCUT2D eigenvalue weighted by atomic mass is 9.66. The highest BCUT2D eigenvalue weighted by atomic mass is 16.4. The summed E-state index contributed by atoms with van der Waals surface area (Å²) in [6, 6.07) is 1.96. The molecule has 1 aliphatic carbocycles. The average Bonchev–Trinajstić information content (AvgIpc) is 2.85. The van der Waals surface area contributed by atoms with Gasteiger partial charge in [-0.25, -0.2) is 0 Å². The second kappa shape index (κ2) is 3.35. The molecule has 0 bridgehead atoms. The number of aryl methyl sites for hydroxylation is 1. The molecule has 2 heterocycles. The van der Waals surface area contributed by atoms with Gasteiger partial charge < -0.3 is 14.8 Å². The Kier molecular flexibility index (Phi) is 2.07. The Morgan fingerprint density at radius 2 is 2.50 bits per heavy atom. The van der Waals surface area contributed by atoms with Gasteiger partial charge in [-0.05, 0) is 18.9 Å². The molecule has 1 aromatic heterocycles. The van der Waals surface area contributed by atoms with Crippen molar-refractivity contribution in [2.75, 3.05) is 13.1 Å². The highest BCUT2D eigenvalue weighted by Gasteiger charge is 2.50. The summed E-state index contributed by atoms with van der Waals surface area (Å²) >= 11 is 0. The van der Waals surface area contributed by atoms with Gasteiger partial charge in [0.2, 0.25) is 0 Å². The molecule has 0 amide bonds. The summed E-state index contributed by atoms with van der Waals surface area (Å²) in [5.74, 6) is -0.0237. The van der Waals surface area contributed by atoms with E-state index in [0.717, 1.165) is 37.1 Å². The summed E-state index contributed by atoms with van der Waals surface area (Å²) < 4.78 is 5.45. The molecular formula is C12H15NO3. The summed E-state index contributed by atoms with van der Waals surface area (Å²) in [7, 11) is 0. The largest absolute Gasteiger partial charge is 0.481 e. The van der Waals surface area contributed by atoms with Gasteiger partial charge in [-0.1, -0.05) is 0 Å². The van der Waals surface area contributed by atoms with Crippen LogP contribution in [0.4, 0.5) is 0 Å². The Balaban J connectivity index is 2.09. The summed E-state index contributed by atoms with van der Waals surface area (Å²) in [5, 5.41) is 12.5. The Hall–Kier alpha value is -1.29. The predicted octanol–water partition coefficient (Wildman–Crippen LogP) is 1.16. The van der Waals surface area contributed by atoms with Crippen LogP contribution in [0.5, 0.6) is 0 Å². The first-order valence-corrected chi connectivity index (χ1v) is 5.74. The molecule has 86 valence electrons. The highest BCUT2D eigenvalue weighted by Crippen LogP contribution is 2.45. The van der Waals surface area contributed by atoms with Crippen LogP contribution in [0, 0.1) is 5.92 Å². The maximum Gasteiger partial charge on any atom is 0.308 e. The van der Waals surface area contributed by atoms with Crippen molar-refractivity contribution < 1.29 is 14.3 Å². The van der Waals surface area contributed by atoms with Gasteiger partial charge in [0.1, 0.15) is 5.76 Å². The number of furan rings is 1. The number of rotatable bonds is 1. The van der Waals surface area contributed by atoms with Gasteiger partial charge in [0.15, 0.2) is 0 Å². The SMILES string of the molecule is O=C(O)C1CNCC12CCCc1occc12. The number of carboxylic acid groups (broad SMARTS) is 1. The van der Waals surface area contributed by atoms with Crippen LogP contribution in [0.3, 0.4) is 0 Å². The second-order valence-electron chi connectivity index (χ2n) is 4.79. The summed E-state index contributed by atoms with van der Waals surface area (Å²) in [6.07, 6.45) is 4.60. The standard InChI is InChI=1S/C12H15NO3/c14-11(15)9-6-13-7-12(9)4-1-2-10-8(12)3-5-16-10/h3,5,9,13H,1-2,4,6-7H2,(H,14,15). The molecule has 2 unspecified atom stereocenters. The fraction of sp³-hybridized carbons (Fsp3) is 0.583. The zero-order chi connectivity index (χ0) is 11.2.